The molecule has 0 spiro atoms. The number of thioether (sulfide) groups is 1. The summed E-state index contributed by atoms with van der Waals surface area (Å²) in [7, 11) is 0. The molecule has 0 amide bonds. The van der Waals surface area contributed by atoms with Crippen LogP contribution in [0, 0.1) is 23.3 Å². The number of hydrogen-bond acceptors (Lipinski definition) is 2. The minimum atomic E-state index is -1.41. The molecule has 0 aliphatic carbocycles. The molecule has 1 nitrogen and oxygen atoms in total. The highest BCUT2D eigenvalue weighted by Crippen LogP contribution is 2.39. The van der Waals surface area contributed by atoms with Gasteiger partial charge >= 0.3 is 0 Å². The Morgan fingerprint density at radius 2 is 1.71 bits per heavy atom. The largest absolute Gasteiger partial charge is 0.379 e. The Morgan fingerprint density at radius 3 is 2.43 bits per heavy atom. The summed E-state index contributed by atoms with van der Waals surface area (Å²) in [5.41, 5.74) is 0.328. The fourth-order valence-electron chi connectivity index (χ4n) is 2.35. The Bertz CT molecular complexity index is 663. The molecule has 3 rings (SSSR count). The maximum Gasteiger partial charge on any atom is 0.185 e. The maximum atomic E-state index is 13.6. The summed E-state index contributed by atoms with van der Waals surface area (Å²) in [5, 5.41) is 2.50. The summed E-state index contributed by atoms with van der Waals surface area (Å²) >= 11 is 1.65. The highest BCUT2D eigenvalue weighted by molar-refractivity contribution is 7.99. The van der Waals surface area contributed by atoms with Crippen LogP contribution in [0.1, 0.15) is 11.5 Å². The van der Waals surface area contributed by atoms with E-state index in [0.29, 0.717) is 0 Å². The molecule has 1 aliphatic heterocycles. The second kappa shape index (κ2) is 5.60. The molecule has 0 saturated carbocycles. The van der Waals surface area contributed by atoms with Gasteiger partial charge in [-0.2, -0.15) is 0 Å². The standard InChI is InChI=1S/C15H11F4NS/c16-10-5-11(17)14(19)15(13(10)18)20-6-8-7-21-12-4-2-1-3-9(8)12/h1-5,8,20H,6-7H2. The van der Waals surface area contributed by atoms with Gasteiger partial charge in [0.1, 0.15) is 5.69 Å². The summed E-state index contributed by atoms with van der Waals surface area (Å²) < 4.78 is 53.4. The van der Waals surface area contributed by atoms with Gasteiger partial charge in [-0.15, -0.1) is 11.8 Å². The van der Waals surface area contributed by atoms with E-state index in [1.165, 1.54) is 0 Å². The van der Waals surface area contributed by atoms with E-state index >= 15 is 0 Å². The minimum Gasteiger partial charge on any atom is -0.379 e. The van der Waals surface area contributed by atoms with Crippen molar-refractivity contribution in [1.82, 2.24) is 0 Å². The molecule has 2 aromatic carbocycles. The smallest absolute Gasteiger partial charge is 0.185 e. The molecule has 1 aliphatic rings. The third-order valence-corrected chi connectivity index (χ3v) is 4.69. The molecule has 1 unspecified atom stereocenters. The van der Waals surface area contributed by atoms with Crippen molar-refractivity contribution in [3.8, 4) is 0 Å². The van der Waals surface area contributed by atoms with Gasteiger partial charge in [0, 0.05) is 29.2 Å². The molecule has 0 saturated heterocycles. The molecule has 0 aromatic heterocycles. The normalized spacial score (nSPS) is 16.9. The third-order valence-electron chi connectivity index (χ3n) is 3.44. The first-order valence-corrected chi connectivity index (χ1v) is 7.35. The second-order valence-corrected chi connectivity index (χ2v) is 5.83. The number of benzene rings is 2. The van der Waals surface area contributed by atoms with Crippen molar-refractivity contribution in [3.63, 3.8) is 0 Å². The summed E-state index contributed by atoms with van der Waals surface area (Å²) in [6.07, 6.45) is 0. The number of fused-ring (bicyclic) bond motifs is 1. The van der Waals surface area contributed by atoms with E-state index in [2.05, 4.69) is 5.32 Å². The van der Waals surface area contributed by atoms with Crippen molar-refractivity contribution in [2.75, 3.05) is 17.6 Å². The molecule has 21 heavy (non-hydrogen) atoms. The van der Waals surface area contributed by atoms with E-state index < -0.39 is 29.0 Å². The molecule has 110 valence electrons. The summed E-state index contributed by atoms with van der Waals surface area (Å²) in [5.74, 6) is -4.81. The second-order valence-electron chi connectivity index (χ2n) is 4.77. The van der Waals surface area contributed by atoms with Gasteiger partial charge in [0.15, 0.2) is 23.3 Å². The van der Waals surface area contributed by atoms with Crippen LogP contribution in [0.3, 0.4) is 0 Å². The van der Waals surface area contributed by atoms with E-state index in [4.69, 9.17) is 0 Å². The number of anilines is 1. The van der Waals surface area contributed by atoms with Gasteiger partial charge in [0.2, 0.25) is 0 Å². The van der Waals surface area contributed by atoms with Crippen LogP contribution in [-0.4, -0.2) is 12.3 Å². The molecule has 2 aromatic rings. The SMILES string of the molecule is Fc1cc(F)c(F)c(NCC2CSc3ccccc32)c1F. The third kappa shape index (κ3) is 2.60. The zero-order valence-electron chi connectivity index (χ0n) is 10.8. The van der Waals surface area contributed by atoms with Crippen molar-refractivity contribution < 1.29 is 17.6 Å². The molecule has 1 heterocycles. The Hall–Kier alpha value is -1.69. The molecule has 0 fully saturated rings. The van der Waals surface area contributed by atoms with Crippen molar-refractivity contribution in [2.45, 2.75) is 10.8 Å². The molecule has 6 heteroatoms. The van der Waals surface area contributed by atoms with Gasteiger partial charge in [-0.3, -0.25) is 0 Å². The van der Waals surface area contributed by atoms with Crippen LogP contribution < -0.4 is 5.32 Å². The lowest BCUT2D eigenvalue weighted by molar-refractivity contribution is 0.458. The lowest BCUT2D eigenvalue weighted by Gasteiger charge is -2.14. The number of halogens is 4. The fraction of sp³-hybridized carbons (Fsp3) is 0.200. The van der Waals surface area contributed by atoms with Gasteiger partial charge < -0.3 is 5.32 Å². The molecular formula is C15H11F4NS. The summed E-state index contributed by atoms with van der Waals surface area (Å²) in [4.78, 5) is 1.12. The highest BCUT2D eigenvalue weighted by atomic mass is 32.2. The van der Waals surface area contributed by atoms with Crippen LogP contribution in [0.5, 0.6) is 0 Å². The Labute approximate surface area is 123 Å². The topological polar surface area (TPSA) is 12.0 Å². The molecule has 1 atom stereocenters. The average Bonchev–Trinajstić information content (AvgIpc) is 2.89. The molecular weight excluding hydrogens is 302 g/mol. The molecule has 1 N–H and O–H groups in total. The van der Waals surface area contributed by atoms with E-state index in [-0.39, 0.29) is 18.5 Å². The van der Waals surface area contributed by atoms with Crippen molar-refractivity contribution in [3.05, 3.63) is 59.2 Å². The van der Waals surface area contributed by atoms with Crippen molar-refractivity contribution in [2.24, 2.45) is 0 Å². The number of nitrogens with one attached hydrogen (secondary N) is 1. The Balaban J connectivity index is 1.81. The lowest BCUT2D eigenvalue weighted by Crippen LogP contribution is -2.15. The van der Waals surface area contributed by atoms with Gasteiger partial charge in [0.05, 0.1) is 0 Å². The van der Waals surface area contributed by atoms with Crippen LogP contribution >= 0.6 is 11.8 Å². The monoisotopic (exact) mass is 313 g/mol. The van der Waals surface area contributed by atoms with Crippen LogP contribution in [0.25, 0.3) is 0 Å². The van der Waals surface area contributed by atoms with Gasteiger partial charge in [0.25, 0.3) is 0 Å². The Morgan fingerprint density at radius 1 is 1.05 bits per heavy atom. The molecule has 0 radical (unpaired) electrons. The first-order valence-electron chi connectivity index (χ1n) is 6.36. The van der Waals surface area contributed by atoms with E-state index in [1.54, 1.807) is 11.8 Å². The summed E-state index contributed by atoms with van der Waals surface area (Å²) in [6.45, 7) is 0.209. The van der Waals surface area contributed by atoms with Crippen LogP contribution in [0.15, 0.2) is 35.2 Å². The van der Waals surface area contributed by atoms with E-state index in [0.717, 1.165) is 16.2 Å². The predicted octanol–water partition coefficient (Wildman–Crippen LogP) is 4.54. The van der Waals surface area contributed by atoms with Gasteiger partial charge in [-0.1, -0.05) is 18.2 Å². The maximum absolute atomic E-state index is 13.6. The van der Waals surface area contributed by atoms with Crippen LogP contribution in [0.4, 0.5) is 23.2 Å². The van der Waals surface area contributed by atoms with Crippen LogP contribution in [0.2, 0.25) is 0 Å². The average molecular weight is 313 g/mol. The fourth-order valence-corrected chi connectivity index (χ4v) is 3.61. The van der Waals surface area contributed by atoms with E-state index in [9.17, 15) is 17.6 Å². The van der Waals surface area contributed by atoms with Crippen LogP contribution in [-0.2, 0) is 0 Å². The lowest BCUT2D eigenvalue weighted by atomic mass is 10.0. The van der Waals surface area contributed by atoms with Gasteiger partial charge in [-0.25, -0.2) is 17.6 Å². The highest BCUT2D eigenvalue weighted by Gasteiger charge is 2.24. The Kier molecular flexibility index (Phi) is 3.80. The molecule has 0 bridgehead atoms. The zero-order chi connectivity index (χ0) is 15.0. The number of rotatable bonds is 3. The predicted molar refractivity (Wildman–Crippen MR) is 74.7 cm³/mol. The first kappa shape index (κ1) is 14.3. The summed E-state index contributed by atoms with van der Waals surface area (Å²) in [6, 6.07) is 7.93. The van der Waals surface area contributed by atoms with Crippen molar-refractivity contribution in [1.29, 1.82) is 0 Å². The zero-order valence-corrected chi connectivity index (χ0v) is 11.6. The van der Waals surface area contributed by atoms with E-state index in [1.807, 2.05) is 24.3 Å². The minimum absolute atomic E-state index is 0.0383. The first-order chi connectivity index (χ1) is 10.1. The van der Waals surface area contributed by atoms with Gasteiger partial charge in [-0.05, 0) is 11.6 Å². The number of hydrogen-bond donors (Lipinski definition) is 1. The van der Waals surface area contributed by atoms with Crippen molar-refractivity contribution >= 4 is 17.4 Å². The quantitative estimate of drug-likeness (QED) is 0.659.